The van der Waals surface area contributed by atoms with Crippen LogP contribution < -0.4 is 10.5 Å². The summed E-state index contributed by atoms with van der Waals surface area (Å²) in [5.74, 6) is -3.60. The van der Waals surface area contributed by atoms with Gasteiger partial charge >= 0.3 is 0 Å². The van der Waals surface area contributed by atoms with Crippen LogP contribution in [0.5, 0.6) is 5.75 Å². The Labute approximate surface area is 141 Å². The lowest BCUT2D eigenvalue weighted by Crippen LogP contribution is -2.16. The minimum atomic E-state index is -1.19. The number of fused-ring (bicyclic) bond motifs is 1. The molecule has 8 heteroatoms. The smallest absolute Gasteiger partial charge is 0.254 e. The molecule has 0 atom stereocenters. The van der Waals surface area contributed by atoms with Crippen molar-refractivity contribution < 1.29 is 18.3 Å². The van der Waals surface area contributed by atoms with Gasteiger partial charge in [0, 0.05) is 6.20 Å². The third kappa shape index (κ3) is 3.65. The molecule has 2 heterocycles. The molecular formula is C16H15F2N3O2S. The van der Waals surface area contributed by atoms with Crippen molar-refractivity contribution in [3.63, 3.8) is 0 Å². The number of rotatable bonds is 4. The van der Waals surface area contributed by atoms with Crippen molar-refractivity contribution in [2.24, 2.45) is 5.73 Å². The number of hydrogen-bond donors (Lipinski definition) is 1. The van der Waals surface area contributed by atoms with Crippen LogP contribution in [0.3, 0.4) is 0 Å². The Kier molecular flexibility index (Phi) is 5.75. The first-order valence-electron chi connectivity index (χ1n) is 7.17. The van der Waals surface area contributed by atoms with Crippen LogP contribution in [0.1, 0.15) is 29.2 Å². The molecule has 0 aliphatic rings. The molecule has 126 valence electrons. The second-order valence-electron chi connectivity index (χ2n) is 4.32. The fourth-order valence-electron chi connectivity index (χ4n) is 1.89. The Morgan fingerprint density at radius 1 is 1.29 bits per heavy atom. The average molecular weight is 351 g/mol. The highest BCUT2D eigenvalue weighted by Crippen LogP contribution is 2.25. The van der Waals surface area contributed by atoms with Gasteiger partial charge in [0.05, 0.1) is 0 Å². The third-order valence-electron chi connectivity index (χ3n) is 2.86. The van der Waals surface area contributed by atoms with E-state index < -0.39 is 23.1 Å². The Hall–Kier alpha value is -2.61. The van der Waals surface area contributed by atoms with Crippen LogP contribution in [0.2, 0.25) is 0 Å². The van der Waals surface area contributed by atoms with Crippen molar-refractivity contribution in [2.75, 3.05) is 0 Å². The number of nitrogens with zero attached hydrogens (tertiary/aromatic N) is 2. The molecule has 1 amide bonds. The van der Waals surface area contributed by atoms with E-state index in [2.05, 4.69) is 9.97 Å². The van der Waals surface area contributed by atoms with Crippen molar-refractivity contribution in [2.45, 2.75) is 20.5 Å². The van der Waals surface area contributed by atoms with Gasteiger partial charge in [-0.15, -0.1) is 0 Å². The summed E-state index contributed by atoms with van der Waals surface area (Å²) in [7, 11) is 0. The topological polar surface area (TPSA) is 78.1 Å². The Morgan fingerprint density at radius 2 is 2.04 bits per heavy atom. The van der Waals surface area contributed by atoms with Crippen LogP contribution >= 0.6 is 11.3 Å². The molecule has 3 rings (SSSR count). The Balaban J connectivity index is 0.00000100. The monoisotopic (exact) mass is 351 g/mol. The van der Waals surface area contributed by atoms with Crippen molar-refractivity contribution >= 4 is 27.6 Å². The molecule has 5 nitrogen and oxygen atoms in total. The molecule has 0 saturated heterocycles. The van der Waals surface area contributed by atoms with E-state index >= 15 is 0 Å². The van der Waals surface area contributed by atoms with Crippen LogP contribution in [-0.4, -0.2) is 15.9 Å². The van der Waals surface area contributed by atoms with Crippen LogP contribution in [-0.2, 0) is 6.61 Å². The standard InChI is InChI=1S/C14H9F2N3O2S.C2H6/c15-7-3-4-9(12(16)11(7)13(17)20)21-6-10-19-8-2-1-5-18-14(8)22-10;1-2/h1-5H,6H2,(H2,17,20);1-2H3. The fourth-order valence-corrected chi connectivity index (χ4v) is 2.70. The normalized spacial score (nSPS) is 10.2. The largest absolute Gasteiger partial charge is 0.483 e. The van der Waals surface area contributed by atoms with Gasteiger partial charge in [-0.3, -0.25) is 4.79 Å². The molecule has 0 unspecified atom stereocenters. The minimum absolute atomic E-state index is 0.0260. The molecule has 24 heavy (non-hydrogen) atoms. The number of thiazole rings is 1. The molecule has 1 aromatic carbocycles. The summed E-state index contributed by atoms with van der Waals surface area (Å²) in [6, 6.07) is 5.58. The predicted molar refractivity (Wildman–Crippen MR) is 88.0 cm³/mol. The number of ether oxygens (including phenoxy) is 1. The Bertz CT molecular complexity index is 835. The zero-order valence-corrected chi connectivity index (χ0v) is 13.9. The first-order valence-corrected chi connectivity index (χ1v) is 7.99. The van der Waals surface area contributed by atoms with Gasteiger partial charge in [-0.25, -0.2) is 18.7 Å². The van der Waals surface area contributed by atoms with Gasteiger partial charge in [0.2, 0.25) is 0 Å². The predicted octanol–water partition coefficient (Wildman–Crippen LogP) is 3.67. The van der Waals surface area contributed by atoms with E-state index in [-0.39, 0.29) is 12.4 Å². The van der Waals surface area contributed by atoms with E-state index in [1.807, 2.05) is 13.8 Å². The molecule has 0 aliphatic carbocycles. The maximum atomic E-state index is 14.0. The molecule has 3 aromatic rings. The summed E-state index contributed by atoms with van der Waals surface area (Å²) in [5, 5.41) is 0.582. The molecule has 0 spiro atoms. The highest BCUT2D eigenvalue weighted by Gasteiger charge is 2.19. The lowest BCUT2D eigenvalue weighted by Gasteiger charge is -2.08. The van der Waals surface area contributed by atoms with E-state index in [0.29, 0.717) is 10.5 Å². The number of nitrogens with two attached hydrogens (primary N) is 1. The number of primary amides is 1. The second-order valence-corrected chi connectivity index (χ2v) is 5.38. The molecule has 0 saturated carbocycles. The molecule has 0 bridgehead atoms. The van der Waals surface area contributed by atoms with Crippen LogP contribution in [0.4, 0.5) is 8.78 Å². The maximum absolute atomic E-state index is 14.0. The number of benzene rings is 1. The molecule has 0 fully saturated rings. The highest BCUT2D eigenvalue weighted by molar-refractivity contribution is 7.18. The maximum Gasteiger partial charge on any atom is 0.254 e. The SMILES string of the molecule is CC.NC(=O)c1c(F)ccc(OCc2nc3cccnc3s2)c1F. The van der Waals surface area contributed by atoms with E-state index in [1.54, 1.807) is 18.3 Å². The van der Waals surface area contributed by atoms with Gasteiger partial charge in [0.25, 0.3) is 5.91 Å². The van der Waals surface area contributed by atoms with Crippen LogP contribution in [0.25, 0.3) is 10.3 Å². The first kappa shape index (κ1) is 17.7. The van der Waals surface area contributed by atoms with Gasteiger partial charge in [-0.05, 0) is 24.3 Å². The second kappa shape index (κ2) is 7.78. The fraction of sp³-hybridized carbons (Fsp3) is 0.188. The van der Waals surface area contributed by atoms with E-state index in [9.17, 15) is 13.6 Å². The van der Waals surface area contributed by atoms with Gasteiger partial charge in [0.15, 0.2) is 11.6 Å². The number of hydrogen-bond acceptors (Lipinski definition) is 5. The summed E-state index contributed by atoms with van der Waals surface area (Å²) in [6.45, 7) is 3.97. The van der Waals surface area contributed by atoms with Gasteiger partial charge in [-0.1, -0.05) is 25.2 Å². The number of halogens is 2. The minimum Gasteiger partial charge on any atom is -0.483 e. The highest BCUT2D eigenvalue weighted by atomic mass is 32.1. The zero-order valence-electron chi connectivity index (χ0n) is 13.0. The van der Waals surface area contributed by atoms with Gasteiger partial charge in [0.1, 0.15) is 33.3 Å². The molecular weight excluding hydrogens is 336 g/mol. The first-order chi connectivity index (χ1) is 11.6. The summed E-state index contributed by atoms with van der Waals surface area (Å²) in [4.78, 5) is 20.2. The summed E-state index contributed by atoms with van der Waals surface area (Å²) < 4.78 is 32.6. The van der Waals surface area contributed by atoms with Crippen molar-refractivity contribution in [1.29, 1.82) is 0 Å². The van der Waals surface area contributed by atoms with E-state index in [1.165, 1.54) is 11.3 Å². The van der Waals surface area contributed by atoms with E-state index in [4.69, 9.17) is 10.5 Å². The van der Waals surface area contributed by atoms with E-state index in [0.717, 1.165) is 17.0 Å². The summed E-state index contributed by atoms with van der Waals surface area (Å²) >= 11 is 1.30. The van der Waals surface area contributed by atoms with Crippen molar-refractivity contribution in [3.8, 4) is 5.75 Å². The average Bonchev–Trinajstić information content (AvgIpc) is 2.98. The number of pyridine rings is 1. The molecule has 2 aromatic heterocycles. The van der Waals surface area contributed by atoms with Crippen molar-refractivity contribution in [3.05, 3.63) is 52.7 Å². The van der Waals surface area contributed by atoms with Crippen LogP contribution in [0, 0.1) is 11.6 Å². The van der Waals surface area contributed by atoms with Gasteiger partial charge in [-0.2, -0.15) is 0 Å². The lowest BCUT2D eigenvalue weighted by atomic mass is 10.2. The van der Waals surface area contributed by atoms with Crippen LogP contribution in [0.15, 0.2) is 30.5 Å². The number of carbonyl (C=O) groups is 1. The number of aromatic nitrogens is 2. The zero-order chi connectivity index (χ0) is 17.7. The third-order valence-corrected chi connectivity index (χ3v) is 3.82. The molecule has 2 N–H and O–H groups in total. The Morgan fingerprint density at radius 3 is 2.71 bits per heavy atom. The quantitative estimate of drug-likeness (QED) is 0.778. The number of amides is 1. The molecule has 0 radical (unpaired) electrons. The van der Waals surface area contributed by atoms with Gasteiger partial charge < -0.3 is 10.5 Å². The number of carbonyl (C=O) groups excluding carboxylic acids is 1. The summed E-state index contributed by atoms with van der Waals surface area (Å²) in [6.07, 6.45) is 1.64. The lowest BCUT2D eigenvalue weighted by molar-refractivity contribution is 0.0991. The summed E-state index contributed by atoms with van der Waals surface area (Å²) in [5.41, 5.74) is 4.84. The van der Waals surface area contributed by atoms with Crippen molar-refractivity contribution in [1.82, 2.24) is 9.97 Å². The molecule has 0 aliphatic heterocycles.